The Balaban J connectivity index is 0. The summed E-state index contributed by atoms with van der Waals surface area (Å²) in [5, 5.41) is 0. The van der Waals surface area contributed by atoms with Gasteiger partial charge in [-0.3, -0.25) is 0 Å². The molecule has 0 aromatic rings. The molecule has 0 radical (unpaired) electrons. The third kappa shape index (κ3) is 10.7. The molecule has 0 aliphatic heterocycles. The second-order valence-corrected chi connectivity index (χ2v) is 2.31. The van der Waals surface area contributed by atoms with Crippen molar-refractivity contribution in [3.05, 3.63) is 24.9 Å². The van der Waals surface area contributed by atoms with Crippen LogP contribution in [-0.4, -0.2) is 13.0 Å². The molecule has 0 rings (SSSR count). The van der Waals surface area contributed by atoms with Gasteiger partial charge in [-0.25, -0.2) is 8.42 Å². The minimum absolute atomic E-state index is 0. The first-order valence-corrected chi connectivity index (χ1v) is 3.48. The van der Waals surface area contributed by atoms with Gasteiger partial charge in [0, 0.05) is 6.20 Å². The van der Waals surface area contributed by atoms with E-state index in [2.05, 4.69) is 6.58 Å². The molecule has 1 N–H and O–H groups in total. The average Bonchev–Trinajstić information content (AvgIpc) is 1.63. The van der Waals surface area contributed by atoms with Crippen LogP contribution in [0.5, 0.6) is 0 Å². The maximum absolute atomic E-state index is 9.75. The van der Waals surface area contributed by atoms with E-state index in [9.17, 15) is 13.0 Å². The van der Waals surface area contributed by atoms with E-state index in [1.807, 2.05) is 0 Å². The van der Waals surface area contributed by atoms with Crippen LogP contribution in [0.25, 0.3) is 0 Å². The molecule has 0 fully saturated rings. The van der Waals surface area contributed by atoms with Crippen LogP contribution in [0.1, 0.15) is 0 Å². The Hall–Kier alpha value is -0.213. The van der Waals surface area contributed by atoms with Crippen LogP contribution < -0.4 is 23.6 Å². The van der Waals surface area contributed by atoms with Gasteiger partial charge in [0.25, 0.3) is 0 Å². The van der Waals surface area contributed by atoms with Gasteiger partial charge in [-0.05, 0) is 6.08 Å². The van der Waals surface area contributed by atoms with E-state index in [4.69, 9.17) is 0 Å². The first-order valence-electron chi connectivity index (χ1n) is 2.07. The second-order valence-electron chi connectivity index (χ2n) is 1.17. The van der Waals surface area contributed by atoms with Crippen LogP contribution in [0.15, 0.2) is 24.9 Å². The maximum atomic E-state index is 9.75. The van der Waals surface area contributed by atoms with Crippen LogP contribution in [0.2, 0.25) is 0 Å². The van der Waals surface area contributed by atoms with Crippen molar-refractivity contribution in [1.82, 2.24) is 4.72 Å². The Morgan fingerprint density at radius 3 is 2.30 bits per heavy atom. The van der Waals surface area contributed by atoms with Gasteiger partial charge >= 0.3 is 18.9 Å². The van der Waals surface area contributed by atoms with Gasteiger partial charge in [-0.15, -0.1) is 0 Å². The normalized spacial score (nSPS) is 10.5. The van der Waals surface area contributed by atoms with Crippen molar-refractivity contribution >= 4 is 10.3 Å². The van der Waals surface area contributed by atoms with E-state index >= 15 is 0 Å². The second kappa shape index (κ2) is 5.56. The van der Waals surface area contributed by atoms with Gasteiger partial charge in [0.1, 0.15) is 0 Å². The third-order valence-corrected chi connectivity index (χ3v) is 0.869. The van der Waals surface area contributed by atoms with E-state index < -0.39 is 10.3 Å². The van der Waals surface area contributed by atoms with Crippen molar-refractivity contribution in [1.29, 1.82) is 0 Å². The molecule has 0 saturated heterocycles. The fourth-order valence-electron chi connectivity index (χ4n) is 0.191. The van der Waals surface area contributed by atoms with E-state index in [1.54, 1.807) is 4.72 Å². The molecular formula is C4H6LiNO3S. The monoisotopic (exact) mass is 155 g/mol. The third-order valence-electron chi connectivity index (χ3n) is 0.445. The summed E-state index contributed by atoms with van der Waals surface area (Å²) in [6.07, 6.45) is 3.64. The van der Waals surface area contributed by atoms with E-state index in [-0.39, 0.29) is 18.9 Å². The first-order chi connectivity index (χ1) is 4.06. The molecule has 0 aliphatic rings. The smallest absolute Gasteiger partial charge is 0.731 e. The molecule has 0 unspecified atom stereocenters. The van der Waals surface area contributed by atoms with Crippen LogP contribution in [0.3, 0.4) is 0 Å². The molecule has 6 heteroatoms. The standard InChI is InChI=1S/C4H7NO3S.Li/c1-2-3-4-5-9(6,7)8;/h2-5H,1H2,(H,6,7,8);/q;+1/p-1/b4-3+;. The quantitative estimate of drug-likeness (QED) is 0.264. The van der Waals surface area contributed by atoms with Crippen molar-refractivity contribution in [2.24, 2.45) is 0 Å². The number of hydrogen-bond acceptors (Lipinski definition) is 3. The van der Waals surface area contributed by atoms with Crippen LogP contribution in [0, 0.1) is 0 Å². The SMILES string of the molecule is C=C/C=C/NS(=O)(=O)[O-].[Li+]. The van der Waals surface area contributed by atoms with Gasteiger partial charge in [0.15, 0.2) is 10.3 Å². The molecule has 0 aliphatic carbocycles. The van der Waals surface area contributed by atoms with Crippen LogP contribution in [-0.2, 0) is 10.3 Å². The topological polar surface area (TPSA) is 69.2 Å². The average molecular weight is 155 g/mol. The molecule has 0 heterocycles. The molecule has 0 saturated carbocycles. The molecule has 4 nitrogen and oxygen atoms in total. The van der Waals surface area contributed by atoms with E-state index in [1.165, 1.54) is 12.2 Å². The summed E-state index contributed by atoms with van der Waals surface area (Å²) in [4.78, 5) is 0. The summed E-state index contributed by atoms with van der Waals surface area (Å²) in [5.74, 6) is 0. The van der Waals surface area contributed by atoms with Crippen LogP contribution in [0.4, 0.5) is 0 Å². The number of allylic oxidation sites excluding steroid dienone is 2. The van der Waals surface area contributed by atoms with Crippen molar-refractivity contribution < 1.29 is 31.8 Å². The summed E-state index contributed by atoms with van der Waals surface area (Å²) in [7, 11) is -4.33. The predicted octanol–water partition coefficient (Wildman–Crippen LogP) is -3.26. The summed E-state index contributed by atoms with van der Waals surface area (Å²) in [5.41, 5.74) is 0. The van der Waals surface area contributed by atoms with E-state index in [0.717, 1.165) is 6.20 Å². The fourth-order valence-corrected chi connectivity index (χ4v) is 0.436. The van der Waals surface area contributed by atoms with Crippen molar-refractivity contribution in [2.75, 3.05) is 0 Å². The zero-order chi connectivity index (χ0) is 7.33. The van der Waals surface area contributed by atoms with Gasteiger partial charge in [0.05, 0.1) is 0 Å². The Morgan fingerprint density at radius 2 is 2.00 bits per heavy atom. The first kappa shape index (κ1) is 12.5. The molecule has 10 heavy (non-hydrogen) atoms. The molecule has 0 atom stereocenters. The maximum Gasteiger partial charge on any atom is 1.00 e. The Morgan fingerprint density at radius 1 is 1.50 bits per heavy atom. The van der Waals surface area contributed by atoms with Gasteiger partial charge in [0.2, 0.25) is 0 Å². The number of rotatable bonds is 3. The van der Waals surface area contributed by atoms with Gasteiger partial charge in [-0.2, -0.15) is 0 Å². The fraction of sp³-hybridized carbons (Fsp3) is 0. The van der Waals surface area contributed by atoms with Gasteiger partial charge in [-0.1, -0.05) is 12.7 Å². The summed E-state index contributed by atoms with van der Waals surface area (Å²) in [6.45, 7) is 3.26. The summed E-state index contributed by atoms with van der Waals surface area (Å²) >= 11 is 0. The van der Waals surface area contributed by atoms with Crippen molar-refractivity contribution in [3.8, 4) is 0 Å². The Kier molecular flexibility index (Phi) is 6.93. The van der Waals surface area contributed by atoms with Crippen molar-refractivity contribution in [3.63, 3.8) is 0 Å². The number of nitrogens with one attached hydrogen (secondary N) is 1. The minimum atomic E-state index is -4.33. The molecule has 0 aromatic carbocycles. The van der Waals surface area contributed by atoms with E-state index in [0.29, 0.717) is 0 Å². The molecule has 0 amide bonds. The zero-order valence-corrected chi connectivity index (χ0v) is 6.39. The number of hydrogen-bond donors (Lipinski definition) is 1. The molecule has 0 spiro atoms. The molecular weight excluding hydrogens is 149 g/mol. The Labute approximate surface area is 72.1 Å². The Bertz CT molecular complexity index is 209. The predicted molar refractivity (Wildman–Crippen MR) is 32.2 cm³/mol. The van der Waals surface area contributed by atoms with Gasteiger partial charge < -0.3 is 9.27 Å². The minimum Gasteiger partial charge on any atom is -0.731 e. The summed E-state index contributed by atoms with van der Waals surface area (Å²) < 4.78 is 30.8. The molecule has 52 valence electrons. The molecule has 0 bridgehead atoms. The largest absolute Gasteiger partial charge is 1.00 e. The summed E-state index contributed by atoms with van der Waals surface area (Å²) in [6, 6.07) is 0. The van der Waals surface area contributed by atoms with Crippen molar-refractivity contribution in [2.45, 2.75) is 0 Å². The molecule has 0 aromatic heterocycles. The van der Waals surface area contributed by atoms with Crippen LogP contribution >= 0.6 is 0 Å². The zero-order valence-electron chi connectivity index (χ0n) is 5.57.